The summed E-state index contributed by atoms with van der Waals surface area (Å²) in [7, 11) is 1.74. The largest absolute Gasteiger partial charge is 0.383 e. The first-order valence-electron chi connectivity index (χ1n) is 6.83. The van der Waals surface area contributed by atoms with E-state index in [4.69, 9.17) is 4.74 Å². The molecule has 100 valence electrons. The molecule has 18 heavy (non-hydrogen) atoms. The van der Waals surface area contributed by atoms with Crippen molar-refractivity contribution in [2.24, 2.45) is 5.92 Å². The van der Waals surface area contributed by atoms with E-state index in [1.807, 2.05) is 0 Å². The van der Waals surface area contributed by atoms with Crippen molar-refractivity contribution in [1.82, 2.24) is 5.32 Å². The second kappa shape index (κ2) is 6.76. The Morgan fingerprint density at radius 3 is 2.94 bits per heavy atom. The molecule has 0 radical (unpaired) electrons. The summed E-state index contributed by atoms with van der Waals surface area (Å²) in [5.74, 6) is 0.819. The zero-order chi connectivity index (χ0) is 12.8. The quantitative estimate of drug-likeness (QED) is 0.782. The smallest absolute Gasteiger partial charge is 0.0587 e. The van der Waals surface area contributed by atoms with Crippen LogP contribution in [0.2, 0.25) is 0 Å². The van der Waals surface area contributed by atoms with Gasteiger partial charge in [-0.05, 0) is 24.0 Å². The van der Waals surface area contributed by atoms with Crippen LogP contribution in [0, 0.1) is 5.92 Å². The van der Waals surface area contributed by atoms with Crippen LogP contribution in [0.1, 0.15) is 18.9 Å². The van der Waals surface area contributed by atoms with Crippen molar-refractivity contribution in [3.05, 3.63) is 29.8 Å². The number of rotatable bonds is 6. The van der Waals surface area contributed by atoms with Gasteiger partial charge >= 0.3 is 0 Å². The number of anilines is 1. The topological polar surface area (TPSA) is 24.5 Å². The lowest BCUT2D eigenvalue weighted by Crippen LogP contribution is -2.24. The number of para-hydroxylation sites is 1. The van der Waals surface area contributed by atoms with Gasteiger partial charge in [-0.15, -0.1) is 0 Å². The standard InChI is InChI=1S/C15H24N2O/c1-13-7-9-17(12-13)15-6-4-3-5-14(15)11-16-8-10-18-2/h3-6,13,16H,7-12H2,1-2H3. The third-order valence-corrected chi connectivity index (χ3v) is 3.55. The molecule has 1 saturated heterocycles. The summed E-state index contributed by atoms with van der Waals surface area (Å²) in [5, 5.41) is 3.43. The van der Waals surface area contributed by atoms with Gasteiger partial charge in [0.15, 0.2) is 0 Å². The maximum absolute atomic E-state index is 5.05. The van der Waals surface area contributed by atoms with Crippen molar-refractivity contribution in [1.29, 1.82) is 0 Å². The van der Waals surface area contributed by atoms with Gasteiger partial charge in [-0.25, -0.2) is 0 Å². The molecular formula is C15H24N2O. The molecule has 1 atom stereocenters. The first kappa shape index (κ1) is 13.4. The van der Waals surface area contributed by atoms with E-state index in [-0.39, 0.29) is 0 Å². The average Bonchev–Trinajstić information content (AvgIpc) is 2.82. The number of nitrogens with zero attached hydrogens (tertiary/aromatic N) is 1. The summed E-state index contributed by atoms with van der Waals surface area (Å²) in [6, 6.07) is 8.72. The first-order chi connectivity index (χ1) is 8.81. The fourth-order valence-electron chi connectivity index (χ4n) is 2.52. The predicted molar refractivity (Wildman–Crippen MR) is 76.0 cm³/mol. The van der Waals surface area contributed by atoms with Gasteiger partial charge in [-0.1, -0.05) is 25.1 Å². The van der Waals surface area contributed by atoms with E-state index in [9.17, 15) is 0 Å². The lowest BCUT2D eigenvalue weighted by atomic mass is 10.1. The number of nitrogens with one attached hydrogen (secondary N) is 1. The molecule has 0 aliphatic carbocycles. The van der Waals surface area contributed by atoms with Gasteiger partial charge in [0.25, 0.3) is 0 Å². The monoisotopic (exact) mass is 248 g/mol. The van der Waals surface area contributed by atoms with Gasteiger partial charge in [0.2, 0.25) is 0 Å². The molecule has 0 saturated carbocycles. The third kappa shape index (κ3) is 3.47. The second-order valence-electron chi connectivity index (χ2n) is 5.14. The van der Waals surface area contributed by atoms with Crippen molar-refractivity contribution >= 4 is 5.69 Å². The molecule has 1 heterocycles. The fraction of sp³-hybridized carbons (Fsp3) is 0.600. The van der Waals surface area contributed by atoms with E-state index in [1.165, 1.54) is 30.8 Å². The molecule has 2 rings (SSSR count). The molecule has 1 aliphatic heterocycles. The Hall–Kier alpha value is -1.06. The van der Waals surface area contributed by atoms with Crippen molar-refractivity contribution in [2.45, 2.75) is 19.9 Å². The number of methoxy groups -OCH3 is 1. The molecule has 0 spiro atoms. The minimum absolute atomic E-state index is 0.767. The Morgan fingerprint density at radius 2 is 2.22 bits per heavy atom. The summed E-state index contributed by atoms with van der Waals surface area (Å²) in [6.07, 6.45) is 1.31. The van der Waals surface area contributed by atoms with Crippen molar-refractivity contribution in [2.75, 3.05) is 38.3 Å². The average molecular weight is 248 g/mol. The Balaban J connectivity index is 1.97. The van der Waals surface area contributed by atoms with E-state index in [0.29, 0.717) is 0 Å². The highest BCUT2D eigenvalue weighted by Gasteiger charge is 2.20. The molecule has 3 nitrogen and oxygen atoms in total. The van der Waals surface area contributed by atoms with E-state index >= 15 is 0 Å². The van der Waals surface area contributed by atoms with Gasteiger partial charge in [0.05, 0.1) is 6.61 Å². The highest BCUT2D eigenvalue weighted by Crippen LogP contribution is 2.26. The van der Waals surface area contributed by atoms with Crippen molar-refractivity contribution in [3.8, 4) is 0 Å². The SMILES string of the molecule is COCCNCc1ccccc1N1CCC(C)C1. The number of benzene rings is 1. The lowest BCUT2D eigenvalue weighted by Gasteiger charge is -2.22. The molecule has 1 fully saturated rings. The maximum atomic E-state index is 5.05. The van der Waals surface area contributed by atoms with E-state index in [0.717, 1.165) is 25.6 Å². The van der Waals surface area contributed by atoms with Crippen LogP contribution in [0.3, 0.4) is 0 Å². The van der Waals surface area contributed by atoms with Crippen molar-refractivity contribution < 1.29 is 4.74 Å². The second-order valence-corrected chi connectivity index (χ2v) is 5.14. The number of hydrogen-bond acceptors (Lipinski definition) is 3. The van der Waals surface area contributed by atoms with Crippen LogP contribution in [0.4, 0.5) is 5.69 Å². The summed E-state index contributed by atoms with van der Waals surface area (Å²) in [4.78, 5) is 2.51. The molecule has 0 bridgehead atoms. The molecule has 1 aromatic carbocycles. The van der Waals surface area contributed by atoms with Crippen molar-refractivity contribution in [3.63, 3.8) is 0 Å². The van der Waals surface area contributed by atoms with Gasteiger partial charge in [0.1, 0.15) is 0 Å². The van der Waals surface area contributed by atoms with E-state index in [1.54, 1.807) is 7.11 Å². The van der Waals surface area contributed by atoms with Crippen LogP contribution in [-0.4, -0.2) is 33.4 Å². The molecule has 1 aliphatic rings. The summed E-state index contributed by atoms with van der Waals surface area (Å²) in [6.45, 7) is 7.30. The Morgan fingerprint density at radius 1 is 1.39 bits per heavy atom. The zero-order valence-electron chi connectivity index (χ0n) is 11.5. The molecule has 1 aromatic rings. The molecule has 1 unspecified atom stereocenters. The number of hydrogen-bond donors (Lipinski definition) is 1. The molecule has 1 N–H and O–H groups in total. The van der Waals surface area contributed by atoms with Crippen LogP contribution < -0.4 is 10.2 Å². The number of ether oxygens (including phenoxy) is 1. The lowest BCUT2D eigenvalue weighted by molar-refractivity contribution is 0.199. The van der Waals surface area contributed by atoms with E-state index < -0.39 is 0 Å². The first-order valence-corrected chi connectivity index (χ1v) is 6.83. The molecular weight excluding hydrogens is 224 g/mol. The highest BCUT2D eigenvalue weighted by atomic mass is 16.5. The van der Waals surface area contributed by atoms with Gasteiger partial charge in [-0.2, -0.15) is 0 Å². The van der Waals surface area contributed by atoms with Gasteiger partial charge in [-0.3, -0.25) is 0 Å². The van der Waals surface area contributed by atoms with Gasteiger partial charge in [0, 0.05) is 39.0 Å². The minimum atomic E-state index is 0.767. The predicted octanol–water partition coefficient (Wildman–Crippen LogP) is 2.27. The van der Waals surface area contributed by atoms with E-state index in [2.05, 4.69) is 41.4 Å². The summed E-state index contributed by atoms with van der Waals surface area (Å²) in [5.41, 5.74) is 2.79. The Kier molecular flexibility index (Phi) is 5.02. The Labute approximate surface area is 110 Å². The summed E-state index contributed by atoms with van der Waals surface area (Å²) >= 11 is 0. The fourth-order valence-corrected chi connectivity index (χ4v) is 2.52. The van der Waals surface area contributed by atoms with Gasteiger partial charge < -0.3 is 15.0 Å². The Bertz CT molecular complexity index is 367. The van der Waals surface area contributed by atoms with Crippen LogP contribution in [-0.2, 0) is 11.3 Å². The zero-order valence-corrected chi connectivity index (χ0v) is 11.5. The van der Waals surface area contributed by atoms with Crippen LogP contribution in [0.5, 0.6) is 0 Å². The highest BCUT2D eigenvalue weighted by molar-refractivity contribution is 5.54. The van der Waals surface area contributed by atoms with Crippen LogP contribution in [0.25, 0.3) is 0 Å². The molecule has 3 heteroatoms. The molecule has 0 aromatic heterocycles. The minimum Gasteiger partial charge on any atom is -0.383 e. The maximum Gasteiger partial charge on any atom is 0.0587 e. The molecule has 0 amide bonds. The normalized spacial score (nSPS) is 19.4. The summed E-state index contributed by atoms with van der Waals surface area (Å²) < 4.78 is 5.05. The van der Waals surface area contributed by atoms with Crippen LogP contribution >= 0.6 is 0 Å². The third-order valence-electron chi connectivity index (χ3n) is 3.55. The van der Waals surface area contributed by atoms with Crippen LogP contribution in [0.15, 0.2) is 24.3 Å².